The second-order valence-corrected chi connectivity index (χ2v) is 4.01. The molecule has 0 fully saturated rings. The van der Waals surface area contributed by atoms with Crippen molar-refractivity contribution in [3.63, 3.8) is 0 Å². The van der Waals surface area contributed by atoms with Gasteiger partial charge >= 0.3 is 0 Å². The van der Waals surface area contributed by atoms with Crippen LogP contribution in [0.4, 0.5) is 0 Å². The summed E-state index contributed by atoms with van der Waals surface area (Å²) in [6.07, 6.45) is 1.90. The van der Waals surface area contributed by atoms with Gasteiger partial charge < -0.3 is 0 Å². The van der Waals surface area contributed by atoms with Crippen LogP contribution in [0.2, 0.25) is 0 Å². The third kappa shape index (κ3) is 1.85. The van der Waals surface area contributed by atoms with E-state index in [-0.39, 0.29) is 0 Å². The van der Waals surface area contributed by atoms with Gasteiger partial charge in [0, 0.05) is 16.2 Å². The molecule has 0 atom stereocenters. The maximum atomic E-state index is 4.31. The highest BCUT2D eigenvalue weighted by Crippen LogP contribution is 2.23. The summed E-state index contributed by atoms with van der Waals surface area (Å²) in [6.45, 7) is 1.98. The van der Waals surface area contributed by atoms with E-state index in [0.29, 0.717) is 0 Å². The van der Waals surface area contributed by atoms with E-state index < -0.39 is 0 Å². The van der Waals surface area contributed by atoms with E-state index in [1.165, 1.54) is 5.56 Å². The minimum atomic E-state index is 1.02. The van der Waals surface area contributed by atoms with Crippen LogP contribution in [-0.4, -0.2) is 4.98 Å². The Morgan fingerprint density at radius 2 is 1.79 bits per heavy atom. The van der Waals surface area contributed by atoms with Crippen molar-refractivity contribution in [2.24, 2.45) is 0 Å². The molecule has 0 spiro atoms. The van der Waals surface area contributed by atoms with Crippen LogP contribution >= 0.6 is 15.9 Å². The molecule has 2 rings (SSSR count). The Morgan fingerprint density at radius 3 is 2.43 bits per heavy atom. The second-order valence-electron chi connectivity index (χ2n) is 3.16. The number of aryl methyl sites for hydroxylation is 1. The summed E-state index contributed by atoms with van der Waals surface area (Å²) in [5.74, 6) is 0. The van der Waals surface area contributed by atoms with Crippen molar-refractivity contribution in [1.82, 2.24) is 4.98 Å². The van der Waals surface area contributed by atoms with Crippen molar-refractivity contribution in [3.8, 4) is 11.1 Å². The van der Waals surface area contributed by atoms with Gasteiger partial charge in [-0.2, -0.15) is 0 Å². The van der Waals surface area contributed by atoms with Gasteiger partial charge in [-0.15, -0.1) is 0 Å². The van der Waals surface area contributed by atoms with Gasteiger partial charge in [0.1, 0.15) is 0 Å². The molecule has 0 amide bonds. The van der Waals surface area contributed by atoms with Crippen LogP contribution in [-0.2, 0) is 0 Å². The Morgan fingerprint density at radius 1 is 1.07 bits per heavy atom. The van der Waals surface area contributed by atoms with Crippen LogP contribution in [0.15, 0.2) is 47.1 Å². The fraction of sp³-hybridized carbons (Fsp3) is 0.0833. The number of nitrogens with zero attached hydrogens (tertiary/aromatic N) is 1. The Bertz CT molecular complexity index is 437. The SMILES string of the molecule is Cc1ncc(-c2ccccc2)cc1Br. The van der Waals surface area contributed by atoms with Gasteiger partial charge in [0.25, 0.3) is 0 Å². The minimum absolute atomic E-state index is 1.02. The molecule has 2 aromatic rings. The topological polar surface area (TPSA) is 12.9 Å². The number of halogens is 1. The Balaban J connectivity index is 2.48. The van der Waals surface area contributed by atoms with E-state index in [4.69, 9.17) is 0 Å². The zero-order valence-electron chi connectivity index (χ0n) is 7.87. The Labute approximate surface area is 91.9 Å². The van der Waals surface area contributed by atoms with Gasteiger partial charge in [-0.25, -0.2) is 0 Å². The van der Waals surface area contributed by atoms with Crippen LogP contribution in [0.1, 0.15) is 5.69 Å². The predicted octanol–water partition coefficient (Wildman–Crippen LogP) is 3.82. The fourth-order valence-corrected chi connectivity index (χ4v) is 1.64. The summed E-state index contributed by atoms with van der Waals surface area (Å²) in [5.41, 5.74) is 3.36. The summed E-state index contributed by atoms with van der Waals surface area (Å²) in [6, 6.07) is 12.3. The third-order valence-electron chi connectivity index (χ3n) is 2.13. The molecule has 0 aliphatic carbocycles. The number of hydrogen-bond donors (Lipinski definition) is 0. The first-order chi connectivity index (χ1) is 6.77. The molecule has 1 nitrogen and oxygen atoms in total. The smallest absolute Gasteiger partial charge is 0.0514 e. The van der Waals surface area contributed by atoms with E-state index >= 15 is 0 Å². The molecule has 0 saturated heterocycles. The number of benzene rings is 1. The summed E-state index contributed by atoms with van der Waals surface area (Å²) < 4.78 is 1.05. The molecular formula is C12H10BrN. The Kier molecular flexibility index (Phi) is 2.64. The number of hydrogen-bond acceptors (Lipinski definition) is 1. The predicted molar refractivity (Wildman–Crippen MR) is 62.1 cm³/mol. The van der Waals surface area contributed by atoms with Crippen LogP contribution in [0, 0.1) is 6.92 Å². The summed E-state index contributed by atoms with van der Waals surface area (Å²) in [5, 5.41) is 0. The van der Waals surface area contributed by atoms with Gasteiger partial charge in [-0.3, -0.25) is 4.98 Å². The second kappa shape index (κ2) is 3.93. The molecule has 70 valence electrons. The quantitative estimate of drug-likeness (QED) is 0.747. The monoisotopic (exact) mass is 247 g/mol. The van der Waals surface area contributed by atoms with Gasteiger partial charge in [-0.1, -0.05) is 30.3 Å². The molecule has 1 aromatic carbocycles. The molecule has 0 bridgehead atoms. The molecular weight excluding hydrogens is 238 g/mol. The molecule has 1 aromatic heterocycles. The molecule has 0 radical (unpaired) electrons. The molecule has 0 N–H and O–H groups in total. The first kappa shape index (κ1) is 9.41. The third-order valence-corrected chi connectivity index (χ3v) is 2.94. The highest BCUT2D eigenvalue weighted by Gasteiger charge is 2.00. The normalized spacial score (nSPS) is 10.1. The molecule has 2 heteroatoms. The highest BCUT2D eigenvalue weighted by molar-refractivity contribution is 9.10. The van der Waals surface area contributed by atoms with Crippen molar-refractivity contribution in [2.45, 2.75) is 6.92 Å². The Hall–Kier alpha value is -1.15. The lowest BCUT2D eigenvalue weighted by molar-refractivity contribution is 1.18. The molecule has 0 aliphatic rings. The van der Waals surface area contributed by atoms with Crippen molar-refractivity contribution >= 4 is 15.9 Å². The van der Waals surface area contributed by atoms with Crippen molar-refractivity contribution in [1.29, 1.82) is 0 Å². The van der Waals surface area contributed by atoms with E-state index in [2.05, 4.69) is 39.1 Å². The van der Waals surface area contributed by atoms with Crippen LogP contribution in [0.25, 0.3) is 11.1 Å². The molecule has 0 saturated carbocycles. The lowest BCUT2D eigenvalue weighted by atomic mass is 10.1. The van der Waals surface area contributed by atoms with Crippen LogP contribution in [0.5, 0.6) is 0 Å². The first-order valence-corrected chi connectivity index (χ1v) is 5.24. The largest absolute Gasteiger partial charge is 0.260 e. The van der Waals surface area contributed by atoms with Gasteiger partial charge in [0.15, 0.2) is 0 Å². The zero-order valence-corrected chi connectivity index (χ0v) is 9.45. The average Bonchev–Trinajstić information content (AvgIpc) is 2.23. The summed E-state index contributed by atoms with van der Waals surface area (Å²) in [4.78, 5) is 4.31. The van der Waals surface area contributed by atoms with Crippen LogP contribution < -0.4 is 0 Å². The number of rotatable bonds is 1. The van der Waals surface area contributed by atoms with E-state index in [9.17, 15) is 0 Å². The van der Waals surface area contributed by atoms with Gasteiger partial charge in [0.2, 0.25) is 0 Å². The fourth-order valence-electron chi connectivity index (χ4n) is 1.29. The minimum Gasteiger partial charge on any atom is -0.260 e. The lowest BCUT2D eigenvalue weighted by Gasteiger charge is -2.02. The maximum absolute atomic E-state index is 4.31. The van der Waals surface area contributed by atoms with Crippen molar-refractivity contribution < 1.29 is 0 Å². The van der Waals surface area contributed by atoms with Crippen LogP contribution in [0.3, 0.4) is 0 Å². The number of aromatic nitrogens is 1. The van der Waals surface area contributed by atoms with Gasteiger partial charge in [0.05, 0.1) is 5.69 Å². The average molecular weight is 248 g/mol. The maximum Gasteiger partial charge on any atom is 0.0514 e. The van der Waals surface area contributed by atoms with E-state index in [0.717, 1.165) is 15.7 Å². The first-order valence-electron chi connectivity index (χ1n) is 4.45. The molecule has 0 aliphatic heterocycles. The lowest BCUT2D eigenvalue weighted by Crippen LogP contribution is -1.84. The van der Waals surface area contributed by atoms with Crippen molar-refractivity contribution in [2.75, 3.05) is 0 Å². The van der Waals surface area contributed by atoms with E-state index in [1.54, 1.807) is 0 Å². The standard InChI is InChI=1S/C12H10BrN/c1-9-12(13)7-11(8-14-9)10-5-3-2-4-6-10/h2-8H,1H3. The summed E-state index contributed by atoms with van der Waals surface area (Å²) in [7, 11) is 0. The summed E-state index contributed by atoms with van der Waals surface area (Å²) >= 11 is 3.48. The molecule has 14 heavy (non-hydrogen) atoms. The van der Waals surface area contributed by atoms with Crippen molar-refractivity contribution in [3.05, 3.63) is 52.8 Å². The highest BCUT2D eigenvalue weighted by atomic mass is 79.9. The molecule has 1 heterocycles. The van der Waals surface area contributed by atoms with Gasteiger partial charge in [-0.05, 0) is 34.5 Å². The van der Waals surface area contributed by atoms with E-state index in [1.807, 2.05) is 31.3 Å². The molecule has 0 unspecified atom stereocenters. The number of pyridine rings is 1. The zero-order chi connectivity index (χ0) is 9.97.